The van der Waals surface area contributed by atoms with Gasteiger partial charge in [0.05, 0.1) is 0 Å². The van der Waals surface area contributed by atoms with Crippen LogP contribution in [0.5, 0.6) is 0 Å². The summed E-state index contributed by atoms with van der Waals surface area (Å²) in [7, 11) is 4.23. The van der Waals surface area contributed by atoms with E-state index in [2.05, 4.69) is 187 Å². The van der Waals surface area contributed by atoms with E-state index in [9.17, 15) is 0 Å². The lowest BCUT2D eigenvalue weighted by Crippen LogP contribution is -2.13. The molecule has 2 aliphatic carbocycles. The molecule has 3 heterocycles. The Hall–Kier alpha value is -5.28. The molecule has 3 heteroatoms. The topological polar surface area (TPSA) is 14.8 Å². The summed E-state index contributed by atoms with van der Waals surface area (Å²) < 4.78 is 7.06. The summed E-state index contributed by atoms with van der Waals surface area (Å²) in [6, 6.07) is 34.1. The van der Waals surface area contributed by atoms with Crippen LogP contribution in [0, 0.1) is 5.92 Å². The number of benzene rings is 4. The van der Waals surface area contributed by atoms with Gasteiger partial charge in [-0.3, -0.25) is 0 Å². The fourth-order valence-electron chi connectivity index (χ4n) is 7.90. The normalized spacial score (nSPS) is 13.7. The van der Waals surface area contributed by atoms with E-state index in [1.165, 1.54) is 91.8 Å². The van der Waals surface area contributed by atoms with Crippen molar-refractivity contribution in [3.63, 3.8) is 0 Å². The molecule has 3 nitrogen and oxygen atoms in total. The van der Waals surface area contributed by atoms with Gasteiger partial charge in [-0.2, -0.15) is 0 Å². The number of hydrogen-bond acceptors (Lipinski definition) is 0. The first kappa shape index (κ1) is 34.2. The van der Waals surface area contributed by atoms with Gasteiger partial charge in [0.15, 0.2) is 0 Å². The fraction of sp³-hybridized carbons (Fsp3) is 0.250. The Labute approximate surface area is 303 Å². The van der Waals surface area contributed by atoms with Gasteiger partial charge in [-0.15, -0.1) is 0 Å². The van der Waals surface area contributed by atoms with Gasteiger partial charge < -0.3 is 13.7 Å². The van der Waals surface area contributed by atoms with Gasteiger partial charge >= 0.3 is 0 Å². The number of unbranched alkanes of at least 4 members (excludes halogenated alkanes) is 1. The largest absolute Gasteiger partial charge is 0.344 e. The van der Waals surface area contributed by atoms with Crippen molar-refractivity contribution in [2.75, 3.05) is 0 Å². The first-order valence-corrected chi connectivity index (χ1v) is 18.9. The van der Waals surface area contributed by atoms with E-state index in [1.807, 2.05) is 0 Å². The first-order valence-electron chi connectivity index (χ1n) is 18.9. The molecule has 3 aromatic heterocycles. The molecule has 1 unspecified atom stereocenters. The van der Waals surface area contributed by atoms with E-state index < -0.39 is 0 Å². The maximum atomic E-state index is 2.58. The van der Waals surface area contributed by atoms with Crippen LogP contribution in [-0.4, -0.2) is 13.7 Å². The van der Waals surface area contributed by atoms with E-state index in [4.69, 9.17) is 0 Å². The minimum absolute atomic E-state index is 0.775. The number of hydrogen-bond donors (Lipinski definition) is 0. The van der Waals surface area contributed by atoms with E-state index in [1.54, 1.807) is 0 Å². The molecule has 258 valence electrons. The van der Waals surface area contributed by atoms with Gasteiger partial charge in [-0.1, -0.05) is 142 Å². The van der Waals surface area contributed by atoms with Crippen molar-refractivity contribution in [2.24, 2.45) is 20.0 Å². The first-order chi connectivity index (χ1) is 25.1. The van der Waals surface area contributed by atoms with Crippen LogP contribution in [-0.2, 0) is 20.6 Å². The van der Waals surface area contributed by atoms with Gasteiger partial charge in [0.25, 0.3) is 0 Å². The van der Waals surface area contributed by atoms with E-state index in [-0.39, 0.29) is 0 Å². The zero-order valence-corrected chi connectivity index (χ0v) is 30.7. The van der Waals surface area contributed by atoms with Crippen molar-refractivity contribution in [1.82, 2.24) is 13.7 Å². The number of allylic oxidation sites excluding steroid dienone is 4. The van der Waals surface area contributed by atoms with Crippen LogP contribution in [0.15, 0.2) is 121 Å². The van der Waals surface area contributed by atoms with Crippen LogP contribution >= 0.6 is 0 Å². The second-order valence-corrected chi connectivity index (χ2v) is 13.9. The average Bonchev–Trinajstić information content (AvgIpc) is 3.50. The monoisotopic (exact) mass is 669 g/mol. The Bertz CT molecular complexity index is 2130. The maximum Gasteiger partial charge on any atom is 0.0488 e. The van der Waals surface area contributed by atoms with Crippen LogP contribution < -0.4 is 0 Å². The number of nitrogens with zero attached hydrogens (tertiary/aromatic N) is 3. The van der Waals surface area contributed by atoms with Crippen molar-refractivity contribution in [1.29, 1.82) is 0 Å². The summed E-state index contributed by atoms with van der Waals surface area (Å²) in [5.41, 5.74) is 10.8. The second-order valence-electron chi connectivity index (χ2n) is 13.9. The highest BCUT2D eigenvalue weighted by molar-refractivity contribution is 6.08. The lowest BCUT2D eigenvalue weighted by atomic mass is 9.99. The summed E-state index contributed by atoms with van der Waals surface area (Å²) in [4.78, 5) is 0. The van der Waals surface area contributed by atoms with Gasteiger partial charge in [0.2, 0.25) is 0 Å². The second kappa shape index (κ2) is 15.7. The SMILES string of the molecule is CCCCC(CC)Cn1c2c(c3c1C=CCC=C3)C=CCC=C2.Cn1c2ccccc2c2ccccc21.Cn1c2ccccc2c2ccccc21. The van der Waals surface area contributed by atoms with Crippen LogP contribution in [0.2, 0.25) is 0 Å². The molecule has 9 rings (SSSR count). The van der Waals surface area contributed by atoms with Crippen molar-refractivity contribution in [2.45, 2.75) is 58.9 Å². The molecule has 51 heavy (non-hydrogen) atoms. The third-order valence-electron chi connectivity index (χ3n) is 10.7. The van der Waals surface area contributed by atoms with Gasteiger partial charge in [-0.25, -0.2) is 0 Å². The molecule has 4 aromatic carbocycles. The van der Waals surface area contributed by atoms with E-state index in [0.29, 0.717) is 0 Å². The Morgan fingerprint density at radius 1 is 0.510 bits per heavy atom. The molecule has 0 aliphatic heterocycles. The van der Waals surface area contributed by atoms with E-state index in [0.717, 1.165) is 25.3 Å². The minimum Gasteiger partial charge on any atom is -0.344 e. The highest BCUT2D eigenvalue weighted by Crippen LogP contribution is 2.34. The van der Waals surface area contributed by atoms with Gasteiger partial charge in [0, 0.05) is 86.8 Å². The zero-order valence-electron chi connectivity index (χ0n) is 30.7. The third kappa shape index (κ3) is 6.90. The summed E-state index contributed by atoms with van der Waals surface area (Å²) in [5.74, 6) is 0.775. The zero-order chi connectivity index (χ0) is 35.2. The van der Waals surface area contributed by atoms with E-state index >= 15 is 0 Å². The van der Waals surface area contributed by atoms with Crippen LogP contribution in [0.1, 0.15) is 74.9 Å². The summed E-state index contributed by atoms with van der Waals surface area (Å²) >= 11 is 0. The molecule has 0 radical (unpaired) electrons. The highest BCUT2D eigenvalue weighted by atomic mass is 15.0. The van der Waals surface area contributed by atoms with Crippen molar-refractivity contribution < 1.29 is 0 Å². The third-order valence-corrected chi connectivity index (χ3v) is 10.7. The lowest BCUT2D eigenvalue weighted by Gasteiger charge is -2.19. The Kier molecular flexibility index (Phi) is 10.5. The van der Waals surface area contributed by atoms with Crippen molar-refractivity contribution in [3.05, 3.63) is 144 Å². The molecule has 7 aromatic rings. The molecular formula is C48H51N3. The lowest BCUT2D eigenvalue weighted by molar-refractivity contribution is 0.389. The quantitative estimate of drug-likeness (QED) is 0.167. The minimum atomic E-state index is 0.775. The smallest absolute Gasteiger partial charge is 0.0488 e. The fourth-order valence-corrected chi connectivity index (χ4v) is 7.90. The Morgan fingerprint density at radius 2 is 0.882 bits per heavy atom. The predicted molar refractivity (Wildman–Crippen MR) is 224 cm³/mol. The maximum absolute atomic E-state index is 2.58. The molecule has 1 atom stereocenters. The average molecular weight is 670 g/mol. The molecule has 0 saturated heterocycles. The Morgan fingerprint density at radius 3 is 1.25 bits per heavy atom. The van der Waals surface area contributed by atoms with Gasteiger partial charge in [0.1, 0.15) is 0 Å². The highest BCUT2D eigenvalue weighted by Gasteiger charge is 2.20. The number of para-hydroxylation sites is 4. The molecule has 0 bridgehead atoms. The molecule has 2 aliphatic rings. The standard InChI is InChI=1S/C22H29N.2C13H11N/c1-3-5-12-18(4-2)17-23-21-15-10-6-8-13-19(21)20-14-9-7-11-16-22(20)23;2*1-14-12-8-4-2-6-10(12)11-7-3-5-9-13(11)14/h8-11,13-16,18H,3-7,12,17H2,1-2H3;2*2-9H,1H3. The number of rotatable bonds is 6. The predicted octanol–water partition coefficient (Wildman–Crippen LogP) is 13.2. The van der Waals surface area contributed by atoms with Crippen LogP contribution in [0.3, 0.4) is 0 Å². The molecule has 0 fully saturated rings. The van der Waals surface area contributed by atoms with Crippen molar-refractivity contribution >= 4 is 67.9 Å². The summed E-state index contributed by atoms with van der Waals surface area (Å²) in [5, 5.41) is 5.35. The van der Waals surface area contributed by atoms with Crippen molar-refractivity contribution in [3.8, 4) is 0 Å². The molecular weight excluding hydrogens is 619 g/mol. The van der Waals surface area contributed by atoms with Crippen LogP contribution in [0.4, 0.5) is 0 Å². The summed E-state index contributed by atoms with van der Waals surface area (Å²) in [6.45, 7) is 5.78. The number of aryl methyl sites for hydroxylation is 2. The molecule has 0 amide bonds. The van der Waals surface area contributed by atoms with Gasteiger partial charge in [-0.05, 0) is 61.6 Å². The molecule has 0 saturated carbocycles. The summed E-state index contributed by atoms with van der Waals surface area (Å²) in [6.07, 6.45) is 25.8. The molecule has 0 spiro atoms. The number of fused-ring (bicyclic) bond motifs is 9. The molecule has 0 N–H and O–H groups in total. The Balaban J connectivity index is 0.000000125. The number of aromatic nitrogens is 3. The van der Waals surface area contributed by atoms with Crippen LogP contribution in [0.25, 0.3) is 67.9 Å².